The molecule has 1 aromatic heterocycles. The number of unbranched alkanes of at least 4 members (excludes halogenated alkanes) is 1. The Hall–Kier alpha value is -3.12. The molecule has 3 heterocycles. The third-order valence-electron chi connectivity index (χ3n) is 6.80. The van der Waals surface area contributed by atoms with Crippen molar-refractivity contribution in [2.75, 3.05) is 18.0 Å². The monoisotopic (exact) mass is 477 g/mol. The fraction of sp³-hybridized carbons (Fsp3) is 0.370. The summed E-state index contributed by atoms with van der Waals surface area (Å²) in [5.74, 6) is 0.359. The number of nitrogens with zero attached hydrogens (tertiary/aromatic N) is 3. The first-order chi connectivity index (χ1) is 16.5. The van der Waals surface area contributed by atoms with Crippen molar-refractivity contribution in [3.63, 3.8) is 0 Å². The maximum Gasteiger partial charge on any atom is 0.228 e. The van der Waals surface area contributed by atoms with Crippen molar-refractivity contribution in [3.8, 4) is 11.3 Å². The van der Waals surface area contributed by atoms with Gasteiger partial charge in [-0.25, -0.2) is 0 Å². The quantitative estimate of drug-likeness (QED) is 0.484. The van der Waals surface area contributed by atoms with Gasteiger partial charge in [0.15, 0.2) is 5.76 Å². The van der Waals surface area contributed by atoms with Gasteiger partial charge in [0.25, 0.3) is 0 Å². The third kappa shape index (κ3) is 4.47. The van der Waals surface area contributed by atoms with E-state index in [1.54, 1.807) is 4.90 Å². The van der Waals surface area contributed by atoms with Crippen molar-refractivity contribution in [2.24, 2.45) is 5.92 Å². The van der Waals surface area contributed by atoms with Crippen LogP contribution < -0.4 is 4.90 Å². The van der Waals surface area contributed by atoms with Gasteiger partial charge in [-0.1, -0.05) is 42.2 Å². The summed E-state index contributed by atoms with van der Waals surface area (Å²) in [6, 6.07) is 15.6. The number of hydrogen-bond acceptors (Lipinski definition) is 4. The van der Waals surface area contributed by atoms with Gasteiger partial charge in [0.1, 0.15) is 0 Å². The highest BCUT2D eigenvalue weighted by atomic mass is 35.5. The minimum absolute atomic E-state index is 0.00388. The molecule has 2 aliphatic heterocycles. The fourth-order valence-electron chi connectivity index (χ4n) is 4.83. The number of amides is 2. The van der Waals surface area contributed by atoms with Crippen LogP contribution in [0.5, 0.6) is 0 Å². The normalized spacial score (nSPS) is 17.8. The van der Waals surface area contributed by atoms with E-state index in [1.165, 1.54) is 5.56 Å². The highest BCUT2D eigenvalue weighted by molar-refractivity contribution is 6.30. The lowest BCUT2D eigenvalue weighted by atomic mass is 9.99. The minimum Gasteiger partial charge on any atom is -0.356 e. The van der Waals surface area contributed by atoms with E-state index in [0.29, 0.717) is 36.8 Å². The number of halogens is 1. The average molecular weight is 478 g/mol. The summed E-state index contributed by atoms with van der Waals surface area (Å²) in [4.78, 5) is 29.8. The Morgan fingerprint density at radius 3 is 2.65 bits per heavy atom. The summed E-state index contributed by atoms with van der Waals surface area (Å²) >= 11 is 6.02. The summed E-state index contributed by atoms with van der Waals surface area (Å²) < 4.78 is 5.63. The van der Waals surface area contributed by atoms with Crippen molar-refractivity contribution in [1.82, 2.24) is 10.1 Å². The number of aryl methyl sites for hydroxylation is 1. The summed E-state index contributed by atoms with van der Waals surface area (Å²) in [5, 5.41) is 4.88. The second-order valence-electron chi connectivity index (χ2n) is 9.13. The number of carbonyl (C=O) groups is 2. The molecule has 2 aliphatic rings. The minimum atomic E-state index is -0.340. The lowest BCUT2D eigenvalue weighted by Crippen LogP contribution is -2.40. The zero-order chi connectivity index (χ0) is 23.7. The summed E-state index contributed by atoms with van der Waals surface area (Å²) in [7, 11) is 0. The molecule has 3 aromatic rings. The summed E-state index contributed by atoms with van der Waals surface area (Å²) in [6.45, 7) is 3.61. The van der Waals surface area contributed by atoms with Crippen LogP contribution in [-0.2, 0) is 29.0 Å². The Morgan fingerprint density at radius 1 is 1.15 bits per heavy atom. The molecular formula is C27H28ClN3O3. The summed E-state index contributed by atoms with van der Waals surface area (Å²) in [5.41, 5.74) is 4.86. The van der Waals surface area contributed by atoms with Gasteiger partial charge in [-0.15, -0.1) is 0 Å². The highest BCUT2D eigenvalue weighted by Gasteiger charge is 2.38. The molecule has 7 heteroatoms. The van der Waals surface area contributed by atoms with Crippen molar-refractivity contribution in [3.05, 3.63) is 70.4 Å². The van der Waals surface area contributed by atoms with Crippen LogP contribution in [0.4, 0.5) is 5.69 Å². The van der Waals surface area contributed by atoms with Crippen LogP contribution in [0.25, 0.3) is 11.3 Å². The van der Waals surface area contributed by atoms with E-state index in [0.717, 1.165) is 41.8 Å². The highest BCUT2D eigenvalue weighted by Crippen LogP contribution is 2.33. The van der Waals surface area contributed by atoms with Gasteiger partial charge in [-0.2, -0.15) is 0 Å². The Morgan fingerprint density at radius 2 is 1.91 bits per heavy atom. The van der Waals surface area contributed by atoms with Gasteiger partial charge < -0.3 is 14.3 Å². The molecule has 2 amide bonds. The molecule has 176 valence electrons. The van der Waals surface area contributed by atoms with Crippen LogP contribution in [0.15, 0.2) is 53.1 Å². The number of hydrogen-bond donors (Lipinski definition) is 0. The predicted molar refractivity (Wildman–Crippen MR) is 132 cm³/mol. The molecule has 1 saturated heterocycles. The number of fused-ring (bicyclic) bond motifs is 1. The topological polar surface area (TPSA) is 66.7 Å². The van der Waals surface area contributed by atoms with Crippen LogP contribution in [0.3, 0.4) is 0 Å². The lowest BCUT2D eigenvalue weighted by Gasteiger charge is -2.28. The van der Waals surface area contributed by atoms with Crippen molar-refractivity contribution in [1.29, 1.82) is 0 Å². The zero-order valence-corrected chi connectivity index (χ0v) is 20.1. The second kappa shape index (κ2) is 9.63. The zero-order valence-electron chi connectivity index (χ0n) is 19.3. The number of anilines is 1. The molecule has 1 atom stereocenters. The van der Waals surface area contributed by atoms with Crippen molar-refractivity contribution >= 4 is 29.1 Å². The molecule has 0 spiro atoms. The number of carbonyl (C=O) groups excluding carboxylic acids is 2. The third-order valence-corrected chi connectivity index (χ3v) is 7.05. The van der Waals surface area contributed by atoms with E-state index in [2.05, 4.69) is 24.2 Å². The van der Waals surface area contributed by atoms with Gasteiger partial charge in [0.05, 0.1) is 18.2 Å². The Kier molecular flexibility index (Phi) is 6.42. The van der Waals surface area contributed by atoms with Crippen molar-refractivity contribution < 1.29 is 14.1 Å². The van der Waals surface area contributed by atoms with Gasteiger partial charge in [-0.05, 0) is 54.8 Å². The largest absolute Gasteiger partial charge is 0.356 e. The predicted octanol–water partition coefficient (Wildman–Crippen LogP) is 5.28. The van der Waals surface area contributed by atoms with Crippen molar-refractivity contribution in [2.45, 2.75) is 45.6 Å². The smallest absolute Gasteiger partial charge is 0.228 e. The molecule has 0 aliphatic carbocycles. The maximum absolute atomic E-state index is 13.4. The first-order valence-corrected chi connectivity index (χ1v) is 12.3. The van der Waals surface area contributed by atoms with E-state index < -0.39 is 0 Å². The van der Waals surface area contributed by atoms with Gasteiger partial charge in [0.2, 0.25) is 11.8 Å². The first-order valence-electron chi connectivity index (χ1n) is 11.9. The molecule has 0 N–H and O–H groups in total. The molecule has 1 unspecified atom stereocenters. The lowest BCUT2D eigenvalue weighted by molar-refractivity contribution is -0.136. The molecule has 0 bridgehead atoms. The van der Waals surface area contributed by atoms with E-state index >= 15 is 0 Å². The Balaban J connectivity index is 1.28. The second-order valence-corrected chi connectivity index (χ2v) is 9.57. The molecule has 6 nitrogen and oxygen atoms in total. The van der Waals surface area contributed by atoms with E-state index in [1.807, 2.05) is 41.3 Å². The molecule has 0 saturated carbocycles. The molecule has 5 rings (SSSR count). The molecule has 1 fully saturated rings. The first kappa shape index (κ1) is 22.7. The number of rotatable bonds is 6. The Labute approximate surface area is 204 Å². The maximum atomic E-state index is 13.4. The molecule has 34 heavy (non-hydrogen) atoms. The molecular weight excluding hydrogens is 450 g/mol. The van der Waals surface area contributed by atoms with Crippen LogP contribution in [0, 0.1) is 5.92 Å². The van der Waals surface area contributed by atoms with E-state index in [4.69, 9.17) is 16.1 Å². The van der Waals surface area contributed by atoms with E-state index in [9.17, 15) is 9.59 Å². The molecule has 0 radical (unpaired) electrons. The van der Waals surface area contributed by atoms with Crippen LogP contribution in [0.1, 0.15) is 43.0 Å². The Bertz CT molecular complexity index is 1190. The SMILES string of the molecule is CCCCc1ccc(N2CC(C(=O)N3CCc4noc(-c5ccc(Cl)cc5)c4C3)CC2=O)cc1. The number of benzene rings is 2. The van der Waals surface area contributed by atoms with Gasteiger partial charge in [0, 0.05) is 47.8 Å². The van der Waals surface area contributed by atoms with E-state index in [-0.39, 0.29) is 24.2 Å². The van der Waals surface area contributed by atoms with Gasteiger partial charge >= 0.3 is 0 Å². The number of aromatic nitrogens is 1. The van der Waals surface area contributed by atoms with Gasteiger partial charge in [-0.3, -0.25) is 9.59 Å². The van der Waals surface area contributed by atoms with Crippen LogP contribution >= 0.6 is 11.6 Å². The average Bonchev–Trinajstić information content (AvgIpc) is 3.46. The summed E-state index contributed by atoms with van der Waals surface area (Å²) in [6.07, 6.45) is 4.24. The van der Waals surface area contributed by atoms with Crippen LogP contribution in [0.2, 0.25) is 5.02 Å². The molecule has 2 aromatic carbocycles. The standard InChI is InChI=1S/C27H28ClN3O3/c1-2-3-4-18-5-11-22(12-6-18)31-16-20(15-25(31)32)27(33)30-14-13-24-23(17-30)26(34-29-24)19-7-9-21(28)10-8-19/h5-12,20H,2-4,13-17H2,1H3. The van der Waals surface area contributed by atoms with Crippen LogP contribution in [-0.4, -0.2) is 35.0 Å². The fourth-order valence-corrected chi connectivity index (χ4v) is 4.96.